The molecule has 192 valence electrons. The van der Waals surface area contributed by atoms with E-state index >= 15 is 0 Å². The molecule has 10 heteroatoms. The van der Waals surface area contributed by atoms with Gasteiger partial charge in [0.05, 0.1) is 25.7 Å². The molecule has 2 heterocycles. The third-order valence-corrected chi connectivity index (χ3v) is 6.56. The maximum absolute atomic E-state index is 10.5. The second-order valence-corrected chi connectivity index (χ2v) is 8.90. The number of phenolic OH excluding ortho intramolecular Hbond substituents is 1. The molecule has 0 aliphatic carbocycles. The van der Waals surface area contributed by atoms with Crippen molar-refractivity contribution < 1.29 is 49.6 Å². The van der Waals surface area contributed by atoms with E-state index in [9.17, 15) is 25.5 Å². The highest BCUT2D eigenvalue weighted by Crippen LogP contribution is 2.51. The van der Waals surface area contributed by atoms with Gasteiger partial charge in [-0.05, 0) is 49.1 Å². The van der Waals surface area contributed by atoms with Gasteiger partial charge in [-0.25, -0.2) is 0 Å². The Labute approximate surface area is 202 Å². The first-order chi connectivity index (χ1) is 16.8. The van der Waals surface area contributed by atoms with Crippen molar-refractivity contribution in [2.75, 3.05) is 20.3 Å². The molecule has 0 radical (unpaired) electrons. The number of ether oxygens (including phenoxy) is 4. The summed E-state index contributed by atoms with van der Waals surface area (Å²) in [5.41, 5.74) is 2.19. The molecule has 10 nitrogen and oxygen atoms in total. The van der Waals surface area contributed by atoms with Crippen LogP contribution in [0, 0.1) is 0 Å². The predicted octanol–water partition coefficient (Wildman–Crippen LogP) is 0.742. The number of phenols is 1. The molecule has 0 bridgehead atoms. The first kappa shape index (κ1) is 25.5. The van der Waals surface area contributed by atoms with E-state index in [2.05, 4.69) is 0 Å². The van der Waals surface area contributed by atoms with Crippen molar-refractivity contribution in [2.24, 2.45) is 0 Å². The molecule has 0 amide bonds. The van der Waals surface area contributed by atoms with Gasteiger partial charge in [0.25, 0.3) is 0 Å². The summed E-state index contributed by atoms with van der Waals surface area (Å²) < 4.78 is 22.8. The Bertz CT molecular complexity index is 1030. The van der Waals surface area contributed by atoms with E-state index < -0.39 is 42.7 Å². The van der Waals surface area contributed by atoms with Gasteiger partial charge in [-0.3, -0.25) is 0 Å². The third kappa shape index (κ3) is 4.90. The number of methoxy groups -OCH3 is 1. The molecule has 2 aliphatic rings. The molecule has 2 aromatic rings. The van der Waals surface area contributed by atoms with E-state index in [4.69, 9.17) is 24.1 Å². The summed E-state index contributed by atoms with van der Waals surface area (Å²) in [6.07, 6.45) is -5.60. The average Bonchev–Trinajstić information content (AvgIpc) is 3.24. The summed E-state index contributed by atoms with van der Waals surface area (Å²) >= 11 is 0. The monoisotopic (exact) mass is 492 g/mol. The van der Waals surface area contributed by atoms with Crippen LogP contribution in [0.25, 0.3) is 0 Å². The SMILES string of the molecule is COc1cc([C@H]2Oc3c(O)cc(CCCO)cc3[C@@H]2CO)ccc1O[C@@H]1O[C@H](C)[C@@H](O)[C@H](O)[C@@H]1O. The number of aliphatic hydroxyl groups is 5. The zero-order valence-corrected chi connectivity index (χ0v) is 19.6. The van der Waals surface area contributed by atoms with Crippen molar-refractivity contribution in [1.82, 2.24) is 0 Å². The van der Waals surface area contributed by atoms with Crippen LogP contribution in [0.3, 0.4) is 0 Å². The van der Waals surface area contributed by atoms with Crippen LogP contribution in [0.1, 0.15) is 42.1 Å². The first-order valence-corrected chi connectivity index (χ1v) is 11.6. The Morgan fingerprint density at radius 2 is 1.74 bits per heavy atom. The van der Waals surface area contributed by atoms with E-state index in [1.807, 2.05) is 6.07 Å². The topological polar surface area (TPSA) is 158 Å². The number of aromatic hydroxyl groups is 1. The van der Waals surface area contributed by atoms with Crippen molar-refractivity contribution in [3.8, 4) is 23.0 Å². The highest BCUT2D eigenvalue weighted by Gasteiger charge is 2.43. The fourth-order valence-corrected chi connectivity index (χ4v) is 4.59. The lowest BCUT2D eigenvalue weighted by Crippen LogP contribution is -2.58. The van der Waals surface area contributed by atoms with Crippen molar-refractivity contribution in [1.29, 1.82) is 0 Å². The molecule has 2 aliphatic heterocycles. The molecule has 0 aromatic heterocycles. The van der Waals surface area contributed by atoms with Gasteiger partial charge in [-0.15, -0.1) is 0 Å². The summed E-state index contributed by atoms with van der Waals surface area (Å²) in [6, 6.07) is 8.46. The minimum Gasteiger partial charge on any atom is -0.504 e. The predicted molar refractivity (Wildman–Crippen MR) is 123 cm³/mol. The van der Waals surface area contributed by atoms with E-state index in [1.54, 1.807) is 31.2 Å². The van der Waals surface area contributed by atoms with E-state index in [0.717, 1.165) is 5.56 Å². The van der Waals surface area contributed by atoms with Crippen molar-refractivity contribution in [3.63, 3.8) is 0 Å². The molecule has 6 N–H and O–H groups in total. The maximum Gasteiger partial charge on any atom is 0.229 e. The molecule has 2 aromatic carbocycles. The molecule has 1 fully saturated rings. The van der Waals surface area contributed by atoms with Gasteiger partial charge in [-0.1, -0.05) is 12.1 Å². The van der Waals surface area contributed by atoms with E-state index in [0.29, 0.717) is 35.5 Å². The van der Waals surface area contributed by atoms with Gasteiger partial charge in [0.15, 0.2) is 23.0 Å². The smallest absolute Gasteiger partial charge is 0.229 e. The summed E-state index contributed by atoms with van der Waals surface area (Å²) in [7, 11) is 1.44. The molecule has 7 atom stereocenters. The fourth-order valence-electron chi connectivity index (χ4n) is 4.59. The van der Waals surface area contributed by atoms with Gasteiger partial charge in [0.2, 0.25) is 6.29 Å². The normalized spacial score (nSPS) is 30.0. The molecule has 1 saturated heterocycles. The van der Waals surface area contributed by atoms with Crippen molar-refractivity contribution in [3.05, 3.63) is 47.0 Å². The van der Waals surface area contributed by atoms with E-state index in [-0.39, 0.29) is 24.7 Å². The number of benzene rings is 2. The lowest BCUT2D eigenvalue weighted by atomic mass is 9.90. The quantitative estimate of drug-likeness (QED) is 0.310. The van der Waals surface area contributed by atoms with Gasteiger partial charge in [-0.2, -0.15) is 0 Å². The van der Waals surface area contributed by atoms with Gasteiger partial charge >= 0.3 is 0 Å². The molecule has 0 spiro atoms. The minimum absolute atomic E-state index is 0.0263. The molecule has 4 rings (SSSR count). The number of rotatable bonds is 8. The molecular formula is C25H32O10. The first-order valence-electron chi connectivity index (χ1n) is 11.6. The number of hydrogen-bond donors (Lipinski definition) is 6. The second-order valence-electron chi connectivity index (χ2n) is 8.90. The Morgan fingerprint density at radius 3 is 2.43 bits per heavy atom. The zero-order valence-electron chi connectivity index (χ0n) is 19.6. The van der Waals surface area contributed by atoms with Crippen molar-refractivity contribution in [2.45, 2.75) is 62.5 Å². The number of hydrogen-bond acceptors (Lipinski definition) is 10. The minimum atomic E-state index is -1.47. The zero-order chi connectivity index (χ0) is 25.3. The highest BCUT2D eigenvalue weighted by atomic mass is 16.7. The molecular weight excluding hydrogens is 460 g/mol. The summed E-state index contributed by atoms with van der Waals surface area (Å²) in [5, 5.41) is 60.0. The van der Waals surface area contributed by atoms with Crippen LogP contribution in [0.2, 0.25) is 0 Å². The standard InChI is InChI=1S/C25H32O10/c1-12-20(29)21(30)22(31)25(33-12)34-18-6-5-14(10-19(18)32-2)23-16(11-27)15-8-13(4-3-7-26)9-17(28)24(15)35-23/h5-6,8-10,12,16,20-23,25-31H,3-4,7,11H2,1-2H3/t12-,16+,20-,21+,22+,23-,25+/m1/s1. The van der Waals surface area contributed by atoms with Gasteiger partial charge in [0.1, 0.15) is 24.4 Å². The van der Waals surface area contributed by atoms with Crippen LogP contribution in [0.4, 0.5) is 0 Å². The second kappa shape index (κ2) is 10.6. The Balaban J connectivity index is 1.58. The van der Waals surface area contributed by atoms with Crippen molar-refractivity contribution >= 4 is 0 Å². The molecule has 35 heavy (non-hydrogen) atoms. The number of aryl methyl sites for hydroxylation is 1. The third-order valence-electron chi connectivity index (χ3n) is 6.56. The van der Waals surface area contributed by atoms with Crippen LogP contribution in [-0.2, 0) is 11.2 Å². The Kier molecular flexibility index (Phi) is 7.70. The Hall–Kier alpha value is -2.60. The fraction of sp³-hybridized carbons (Fsp3) is 0.520. The number of fused-ring (bicyclic) bond motifs is 1. The largest absolute Gasteiger partial charge is 0.504 e. The van der Waals surface area contributed by atoms with Crippen LogP contribution in [-0.4, -0.2) is 81.7 Å². The van der Waals surface area contributed by atoms with Crippen LogP contribution < -0.4 is 14.2 Å². The Morgan fingerprint density at radius 1 is 0.971 bits per heavy atom. The summed E-state index contributed by atoms with van der Waals surface area (Å²) in [6.45, 7) is 1.38. The average molecular weight is 493 g/mol. The van der Waals surface area contributed by atoms with Crippen LogP contribution in [0.5, 0.6) is 23.0 Å². The molecule has 0 saturated carbocycles. The lowest BCUT2D eigenvalue weighted by Gasteiger charge is -2.39. The highest BCUT2D eigenvalue weighted by molar-refractivity contribution is 5.55. The van der Waals surface area contributed by atoms with Gasteiger partial charge in [0, 0.05) is 12.2 Å². The maximum atomic E-state index is 10.5. The van der Waals surface area contributed by atoms with Gasteiger partial charge < -0.3 is 49.6 Å². The summed E-state index contributed by atoms with van der Waals surface area (Å²) in [5.74, 6) is 0.377. The molecule has 0 unspecified atom stereocenters. The summed E-state index contributed by atoms with van der Waals surface area (Å²) in [4.78, 5) is 0. The van der Waals surface area contributed by atoms with E-state index in [1.165, 1.54) is 7.11 Å². The lowest BCUT2D eigenvalue weighted by molar-refractivity contribution is -0.268. The van der Waals surface area contributed by atoms with Crippen LogP contribution >= 0.6 is 0 Å². The van der Waals surface area contributed by atoms with Crippen LogP contribution in [0.15, 0.2) is 30.3 Å². The number of aliphatic hydroxyl groups excluding tert-OH is 5.